The van der Waals surface area contributed by atoms with Crippen molar-refractivity contribution in [1.82, 2.24) is 0 Å². The molecule has 0 aliphatic carbocycles. The van der Waals surface area contributed by atoms with Crippen LogP contribution in [0.4, 0.5) is 0 Å². The smallest absolute Gasteiger partial charge is 0.165 e. The molecule has 1 aromatic carbocycles. The topological polar surface area (TPSA) is 46.5 Å². The third-order valence-electron chi connectivity index (χ3n) is 2.21. The number of aldehydes is 1. The van der Waals surface area contributed by atoms with E-state index in [1.165, 1.54) is 6.07 Å². The van der Waals surface area contributed by atoms with Gasteiger partial charge in [-0.3, -0.25) is 4.79 Å². The summed E-state index contributed by atoms with van der Waals surface area (Å²) in [5.74, 6) is 0.585. The molecule has 3 heteroatoms. The molecule has 0 aromatic heterocycles. The molecule has 0 spiro atoms. The first kappa shape index (κ1) is 8.10. The standard InChI is InChI=1S/C10H10O3/c1-6-4-8-7(5-11)2-3-9(12)10(8)13-6/h2-3,5-6,12H,4H2,1H3. The van der Waals surface area contributed by atoms with Gasteiger partial charge in [0.15, 0.2) is 11.5 Å². The average Bonchev–Trinajstić information content (AvgIpc) is 2.48. The van der Waals surface area contributed by atoms with Gasteiger partial charge in [0.25, 0.3) is 0 Å². The van der Waals surface area contributed by atoms with Gasteiger partial charge in [0.1, 0.15) is 12.4 Å². The van der Waals surface area contributed by atoms with Gasteiger partial charge < -0.3 is 9.84 Å². The minimum absolute atomic E-state index is 0.0435. The first-order chi connectivity index (χ1) is 6.22. The van der Waals surface area contributed by atoms with E-state index in [0.717, 1.165) is 11.8 Å². The van der Waals surface area contributed by atoms with Crippen LogP contribution in [0.15, 0.2) is 12.1 Å². The second kappa shape index (κ2) is 2.76. The van der Waals surface area contributed by atoms with Gasteiger partial charge in [-0.15, -0.1) is 0 Å². The Bertz CT molecular complexity index is 357. The van der Waals surface area contributed by atoms with Crippen molar-refractivity contribution in [1.29, 1.82) is 0 Å². The van der Waals surface area contributed by atoms with Gasteiger partial charge in [0.05, 0.1) is 0 Å². The predicted molar refractivity (Wildman–Crippen MR) is 47.3 cm³/mol. The number of phenolic OH excluding ortho intramolecular Hbond substituents is 1. The molecule has 0 amide bonds. The molecule has 0 saturated carbocycles. The SMILES string of the molecule is CC1Cc2c(C=O)ccc(O)c2O1. The molecule has 1 aliphatic rings. The lowest BCUT2D eigenvalue weighted by Gasteiger charge is -2.04. The molecule has 1 atom stereocenters. The first-order valence-corrected chi connectivity index (χ1v) is 4.19. The van der Waals surface area contributed by atoms with Crippen molar-refractivity contribution in [3.8, 4) is 11.5 Å². The lowest BCUT2D eigenvalue weighted by atomic mass is 10.0. The molecule has 2 rings (SSSR count). The number of aromatic hydroxyl groups is 1. The summed E-state index contributed by atoms with van der Waals surface area (Å²) in [5.41, 5.74) is 1.43. The third-order valence-corrected chi connectivity index (χ3v) is 2.21. The van der Waals surface area contributed by atoms with Gasteiger partial charge in [-0.1, -0.05) is 0 Å². The molecule has 3 nitrogen and oxygen atoms in total. The molecule has 0 saturated heterocycles. The third kappa shape index (κ3) is 1.16. The number of carbonyl (C=O) groups is 1. The van der Waals surface area contributed by atoms with Crippen LogP contribution in [-0.4, -0.2) is 17.5 Å². The number of ether oxygens (including phenoxy) is 1. The summed E-state index contributed by atoms with van der Waals surface area (Å²) < 4.78 is 5.37. The van der Waals surface area contributed by atoms with Crippen LogP contribution >= 0.6 is 0 Å². The number of hydrogen-bond acceptors (Lipinski definition) is 3. The Morgan fingerprint density at radius 2 is 2.38 bits per heavy atom. The highest BCUT2D eigenvalue weighted by atomic mass is 16.5. The summed E-state index contributed by atoms with van der Waals surface area (Å²) in [6.07, 6.45) is 1.53. The zero-order valence-corrected chi connectivity index (χ0v) is 7.28. The fraction of sp³-hybridized carbons (Fsp3) is 0.300. The van der Waals surface area contributed by atoms with Gasteiger partial charge in [-0.2, -0.15) is 0 Å². The number of fused-ring (bicyclic) bond motifs is 1. The number of carbonyl (C=O) groups excluding carboxylic acids is 1. The summed E-state index contributed by atoms with van der Waals surface area (Å²) in [6.45, 7) is 1.91. The zero-order chi connectivity index (χ0) is 9.42. The fourth-order valence-corrected chi connectivity index (χ4v) is 1.61. The van der Waals surface area contributed by atoms with E-state index in [1.807, 2.05) is 6.92 Å². The molecule has 0 radical (unpaired) electrons. The largest absolute Gasteiger partial charge is 0.504 e. The summed E-state index contributed by atoms with van der Waals surface area (Å²) in [7, 11) is 0. The molecule has 1 aliphatic heterocycles. The Kier molecular flexibility index (Phi) is 1.72. The van der Waals surface area contributed by atoms with Crippen LogP contribution in [0.25, 0.3) is 0 Å². The van der Waals surface area contributed by atoms with E-state index < -0.39 is 0 Å². The van der Waals surface area contributed by atoms with Crippen molar-refractivity contribution in [3.63, 3.8) is 0 Å². The van der Waals surface area contributed by atoms with Crippen LogP contribution in [0.1, 0.15) is 22.8 Å². The lowest BCUT2D eigenvalue weighted by Crippen LogP contribution is -2.05. The Balaban J connectivity index is 2.58. The Hall–Kier alpha value is -1.51. The minimum Gasteiger partial charge on any atom is -0.504 e. The average molecular weight is 178 g/mol. The van der Waals surface area contributed by atoms with E-state index >= 15 is 0 Å². The van der Waals surface area contributed by atoms with Gasteiger partial charge in [0.2, 0.25) is 0 Å². The Morgan fingerprint density at radius 3 is 3.08 bits per heavy atom. The van der Waals surface area contributed by atoms with Crippen molar-refractivity contribution in [3.05, 3.63) is 23.3 Å². The van der Waals surface area contributed by atoms with Crippen LogP contribution in [0.2, 0.25) is 0 Å². The van der Waals surface area contributed by atoms with Crippen molar-refractivity contribution >= 4 is 6.29 Å². The zero-order valence-electron chi connectivity index (χ0n) is 7.28. The molecule has 0 fully saturated rings. The van der Waals surface area contributed by atoms with Crippen LogP contribution < -0.4 is 4.74 Å². The fourth-order valence-electron chi connectivity index (χ4n) is 1.61. The Labute approximate surface area is 76.0 Å². The van der Waals surface area contributed by atoms with Crippen LogP contribution in [0, 0.1) is 0 Å². The maximum absolute atomic E-state index is 10.6. The molecule has 13 heavy (non-hydrogen) atoms. The van der Waals surface area contributed by atoms with E-state index in [2.05, 4.69) is 0 Å². The maximum atomic E-state index is 10.6. The summed E-state index contributed by atoms with van der Waals surface area (Å²) in [6, 6.07) is 3.10. The number of phenols is 1. The number of rotatable bonds is 1. The van der Waals surface area contributed by atoms with E-state index in [9.17, 15) is 9.90 Å². The van der Waals surface area contributed by atoms with Crippen LogP contribution in [-0.2, 0) is 6.42 Å². The van der Waals surface area contributed by atoms with Crippen LogP contribution in [0.5, 0.6) is 11.5 Å². The van der Waals surface area contributed by atoms with Gasteiger partial charge >= 0.3 is 0 Å². The van der Waals surface area contributed by atoms with Crippen molar-refractivity contribution in [2.75, 3.05) is 0 Å². The van der Waals surface area contributed by atoms with Crippen LogP contribution in [0.3, 0.4) is 0 Å². The molecule has 1 unspecified atom stereocenters. The van der Waals surface area contributed by atoms with E-state index in [1.54, 1.807) is 6.07 Å². The minimum atomic E-state index is 0.0435. The normalized spacial score (nSPS) is 19.3. The molecular formula is C10H10O3. The van der Waals surface area contributed by atoms with Crippen molar-refractivity contribution < 1.29 is 14.6 Å². The highest BCUT2D eigenvalue weighted by molar-refractivity contribution is 5.80. The number of benzene rings is 1. The van der Waals surface area contributed by atoms with E-state index in [0.29, 0.717) is 17.7 Å². The quantitative estimate of drug-likeness (QED) is 0.663. The van der Waals surface area contributed by atoms with Gasteiger partial charge in [-0.25, -0.2) is 0 Å². The van der Waals surface area contributed by atoms with Crippen molar-refractivity contribution in [2.24, 2.45) is 0 Å². The maximum Gasteiger partial charge on any atom is 0.165 e. The summed E-state index contributed by atoms with van der Waals surface area (Å²) in [4.78, 5) is 10.6. The Morgan fingerprint density at radius 1 is 1.62 bits per heavy atom. The number of hydrogen-bond donors (Lipinski definition) is 1. The predicted octanol–water partition coefficient (Wildman–Crippen LogP) is 1.53. The lowest BCUT2D eigenvalue weighted by molar-refractivity contribution is 0.112. The first-order valence-electron chi connectivity index (χ1n) is 4.19. The molecular weight excluding hydrogens is 168 g/mol. The van der Waals surface area contributed by atoms with Gasteiger partial charge in [0, 0.05) is 17.5 Å². The summed E-state index contributed by atoms with van der Waals surface area (Å²) in [5, 5.41) is 9.43. The summed E-state index contributed by atoms with van der Waals surface area (Å²) >= 11 is 0. The molecule has 1 aromatic rings. The van der Waals surface area contributed by atoms with Gasteiger partial charge in [-0.05, 0) is 19.1 Å². The van der Waals surface area contributed by atoms with Crippen molar-refractivity contribution in [2.45, 2.75) is 19.4 Å². The second-order valence-electron chi connectivity index (χ2n) is 3.23. The molecule has 1 N–H and O–H groups in total. The van der Waals surface area contributed by atoms with E-state index in [4.69, 9.17) is 4.74 Å². The molecule has 1 heterocycles. The molecule has 68 valence electrons. The monoisotopic (exact) mass is 178 g/mol. The highest BCUT2D eigenvalue weighted by Crippen LogP contribution is 2.38. The molecule has 0 bridgehead atoms. The van der Waals surface area contributed by atoms with E-state index in [-0.39, 0.29) is 11.9 Å². The highest BCUT2D eigenvalue weighted by Gasteiger charge is 2.24. The second-order valence-corrected chi connectivity index (χ2v) is 3.23.